The van der Waals surface area contributed by atoms with Crippen LogP contribution in [0.25, 0.3) is 5.69 Å². The number of benzene rings is 2. The number of rotatable bonds is 5. The van der Waals surface area contributed by atoms with Gasteiger partial charge in [0.1, 0.15) is 4.90 Å². The number of halogens is 3. The summed E-state index contributed by atoms with van der Waals surface area (Å²) in [4.78, 5) is 11.7. The molecule has 11 heteroatoms. The molecule has 0 aliphatic carbocycles. The summed E-state index contributed by atoms with van der Waals surface area (Å²) in [5.41, 5.74) is 5.87. The van der Waals surface area contributed by atoms with Crippen LogP contribution >= 0.6 is 0 Å². The van der Waals surface area contributed by atoms with Crippen molar-refractivity contribution in [2.24, 2.45) is 10.9 Å². The zero-order chi connectivity index (χ0) is 22.3. The minimum absolute atomic E-state index is 0.190. The van der Waals surface area contributed by atoms with Crippen LogP contribution in [0.2, 0.25) is 0 Å². The molecule has 158 valence electrons. The lowest BCUT2D eigenvalue weighted by Gasteiger charge is -2.18. The Morgan fingerprint density at radius 3 is 2.37 bits per heavy atom. The first kappa shape index (κ1) is 21.5. The summed E-state index contributed by atoms with van der Waals surface area (Å²) in [6.07, 6.45) is -3.43. The normalized spacial score (nSPS) is 13.2. The fourth-order valence-corrected chi connectivity index (χ4v) is 3.89. The number of primary sulfonamides is 1. The molecule has 7 nitrogen and oxygen atoms in total. The molecule has 3 rings (SSSR count). The lowest BCUT2D eigenvalue weighted by molar-refractivity contribution is -0.137. The van der Waals surface area contributed by atoms with Gasteiger partial charge in [0.25, 0.3) is 0 Å². The Kier molecular flexibility index (Phi) is 5.44. The molecular weight excluding hydrogens is 421 g/mol. The van der Waals surface area contributed by atoms with Crippen LogP contribution in [0, 0.1) is 6.92 Å². The van der Waals surface area contributed by atoms with Crippen LogP contribution in [-0.2, 0) is 21.0 Å². The molecule has 30 heavy (non-hydrogen) atoms. The average Bonchev–Trinajstić information content (AvgIpc) is 3.13. The van der Waals surface area contributed by atoms with Crippen molar-refractivity contribution in [2.75, 3.05) is 0 Å². The number of carbonyl (C=O) groups is 1. The first-order chi connectivity index (χ1) is 13.9. The highest BCUT2D eigenvalue weighted by molar-refractivity contribution is 7.89. The first-order valence-electron chi connectivity index (χ1n) is 8.53. The monoisotopic (exact) mass is 438 g/mol. The molecule has 3 aromatic rings. The standard InChI is InChI=1S/C19H17F3N4O3S/c1-11-4-2-3-5-14(11)17(18(23)27)12-6-7-15(16(8-12)30(24,28)29)26-10-13(9-25-26)19(20,21)22/h2-10,17H,1H3,(H2,23,27)(H2,24,28,29). The fourth-order valence-electron chi connectivity index (χ4n) is 3.14. The molecule has 2 aromatic carbocycles. The summed E-state index contributed by atoms with van der Waals surface area (Å²) in [7, 11) is -4.38. The SMILES string of the molecule is Cc1ccccc1C(C(N)=O)c1ccc(-n2cc(C(F)(F)F)cn2)c(S(N)(=O)=O)c1. The Hall–Kier alpha value is -3.18. The number of nitrogens with zero attached hydrogens (tertiary/aromatic N) is 2. The van der Waals surface area contributed by atoms with Gasteiger partial charge in [-0.15, -0.1) is 0 Å². The Labute approximate surface area is 170 Å². The maximum atomic E-state index is 12.9. The van der Waals surface area contributed by atoms with E-state index >= 15 is 0 Å². The molecule has 1 unspecified atom stereocenters. The van der Waals surface area contributed by atoms with E-state index in [9.17, 15) is 26.4 Å². The molecule has 0 aliphatic rings. The zero-order valence-electron chi connectivity index (χ0n) is 15.6. The summed E-state index contributed by atoms with van der Waals surface area (Å²) in [5.74, 6) is -1.71. The largest absolute Gasteiger partial charge is 0.419 e. The van der Waals surface area contributed by atoms with Crippen molar-refractivity contribution in [3.05, 3.63) is 77.1 Å². The Morgan fingerprint density at radius 1 is 1.17 bits per heavy atom. The molecular formula is C19H17F3N4O3S. The van der Waals surface area contributed by atoms with Crippen LogP contribution in [0.5, 0.6) is 0 Å². The van der Waals surface area contributed by atoms with E-state index in [1.54, 1.807) is 31.2 Å². The van der Waals surface area contributed by atoms with E-state index in [4.69, 9.17) is 10.9 Å². The number of carbonyl (C=O) groups excluding carboxylic acids is 1. The van der Waals surface area contributed by atoms with Gasteiger partial charge < -0.3 is 5.73 Å². The molecule has 0 saturated heterocycles. The van der Waals surface area contributed by atoms with Crippen molar-refractivity contribution in [1.82, 2.24) is 9.78 Å². The summed E-state index contributed by atoms with van der Waals surface area (Å²) in [5, 5.41) is 8.89. The molecule has 0 saturated carbocycles. The van der Waals surface area contributed by atoms with Gasteiger partial charge >= 0.3 is 6.18 Å². The molecule has 0 bridgehead atoms. The van der Waals surface area contributed by atoms with Crippen molar-refractivity contribution in [3.63, 3.8) is 0 Å². The Morgan fingerprint density at radius 2 is 1.83 bits per heavy atom. The van der Waals surface area contributed by atoms with E-state index in [-0.39, 0.29) is 11.3 Å². The van der Waals surface area contributed by atoms with Crippen molar-refractivity contribution < 1.29 is 26.4 Å². The van der Waals surface area contributed by atoms with Gasteiger partial charge in [0.2, 0.25) is 15.9 Å². The second kappa shape index (κ2) is 7.58. The van der Waals surface area contributed by atoms with Crippen molar-refractivity contribution in [3.8, 4) is 5.69 Å². The van der Waals surface area contributed by atoms with E-state index in [0.717, 1.165) is 16.3 Å². The Bertz CT molecular complexity index is 1220. The van der Waals surface area contributed by atoms with Crippen molar-refractivity contribution in [1.29, 1.82) is 0 Å². The number of alkyl halides is 3. The molecule has 0 radical (unpaired) electrons. The van der Waals surface area contributed by atoms with Crippen LogP contribution in [0.3, 0.4) is 0 Å². The van der Waals surface area contributed by atoms with E-state index in [1.807, 2.05) is 0 Å². The third-order valence-corrected chi connectivity index (χ3v) is 5.50. The van der Waals surface area contributed by atoms with Crippen LogP contribution in [-0.4, -0.2) is 24.1 Å². The predicted molar refractivity (Wildman–Crippen MR) is 102 cm³/mol. The number of sulfonamides is 1. The van der Waals surface area contributed by atoms with Gasteiger partial charge in [-0.2, -0.15) is 18.3 Å². The molecule has 1 amide bonds. The van der Waals surface area contributed by atoms with Gasteiger partial charge in [0.15, 0.2) is 0 Å². The molecule has 0 spiro atoms. The smallest absolute Gasteiger partial charge is 0.369 e. The minimum atomic E-state index is -4.65. The second-order valence-corrected chi connectivity index (χ2v) is 8.17. The zero-order valence-corrected chi connectivity index (χ0v) is 16.4. The molecule has 1 aromatic heterocycles. The third-order valence-electron chi connectivity index (χ3n) is 4.56. The van der Waals surface area contributed by atoms with Crippen molar-refractivity contribution in [2.45, 2.75) is 23.9 Å². The summed E-state index contributed by atoms with van der Waals surface area (Å²) in [6.45, 7) is 1.77. The topological polar surface area (TPSA) is 121 Å². The molecule has 4 N–H and O–H groups in total. The number of aromatic nitrogens is 2. The number of amides is 1. The molecule has 0 aliphatic heterocycles. The molecule has 1 heterocycles. The summed E-state index contributed by atoms with van der Waals surface area (Å²) < 4.78 is 63.8. The van der Waals surface area contributed by atoms with Gasteiger partial charge in [0, 0.05) is 6.20 Å². The highest BCUT2D eigenvalue weighted by atomic mass is 32.2. The minimum Gasteiger partial charge on any atom is -0.369 e. The maximum Gasteiger partial charge on any atom is 0.419 e. The number of hydrogen-bond donors (Lipinski definition) is 2. The van der Waals surface area contributed by atoms with E-state index in [2.05, 4.69) is 5.10 Å². The predicted octanol–water partition coefficient (Wildman–Crippen LogP) is 2.46. The highest BCUT2D eigenvalue weighted by Gasteiger charge is 2.33. The average molecular weight is 438 g/mol. The van der Waals surface area contributed by atoms with Gasteiger partial charge in [-0.25, -0.2) is 18.2 Å². The molecule has 1 atom stereocenters. The lowest BCUT2D eigenvalue weighted by atomic mass is 9.88. The third kappa shape index (κ3) is 4.21. The quantitative estimate of drug-likeness (QED) is 0.636. The van der Waals surface area contributed by atoms with E-state index < -0.39 is 38.5 Å². The number of primary amides is 1. The van der Waals surface area contributed by atoms with Gasteiger partial charge in [-0.1, -0.05) is 30.3 Å². The fraction of sp³-hybridized carbons (Fsp3) is 0.158. The second-order valence-electron chi connectivity index (χ2n) is 6.64. The van der Waals surface area contributed by atoms with Crippen LogP contribution in [0.15, 0.2) is 59.8 Å². The van der Waals surface area contributed by atoms with Gasteiger partial charge in [0.05, 0.1) is 23.4 Å². The number of hydrogen-bond acceptors (Lipinski definition) is 4. The van der Waals surface area contributed by atoms with Crippen molar-refractivity contribution >= 4 is 15.9 Å². The number of aryl methyl sites for hydroxylation is 1. The van der Waals surface area contributed by atoms with E-state index in [1.165, 1.54) is 12.1 Å². The van der Waals surface area contributed by atoms with E-state index in [0.29, 0.717) is 18.0 Å². The molecule has 0 fully saturated rings. The van der Waals surface area contributed by atoms with Gasteiger partial charge in [-0.3, -0.25) is 4.79 Å². The van der Waals surface area contributed by atoms with Crippen LogP contribution in [0.1, 0.15) is 28.2 Å². The maximum absolute atomic E-state index is 12.9. The van der Waals surface area contributed by atoms with Crippen LogP contribution < -0.4 is 10.9 Å². The first-order valence-corrected chi connectivity index (χ1v) is 10.1. The number of nitrogens with two attached hydrogens (primary N) is 2. The van der Waals surface area contributed by atoms with Crippen LogP contribution in [0.4, 0.5) is 13.2 Å². The lowest BCUT2D eigenvalue weighted by Crippen LogP contribution is -2.24. The highest BCUT2D eigenvalue weighted by Crippen LogP contribution is 2.32. The summed E-state index contributed by atoms with van der Waals surface area (Å²) >= 11 is 0. The Balaban J connectivity index is 2.19. The summed E-state index contributed by atoms with van der Waals surface area (Å²) in [6, 6.07) is 10.7. The van der Waals surface area contributed by atoms with Gasteiger partial charge in [-0.05, 0) is 35.7 Å².